The van der Waals surface area contributed by atoms with Crippen LogP contribution in [0.1, 0.15) is 6.92 Å². The van der Waals surface area contributed by atoms with E-state index in [9.17, 15) is 9.90 Å². The lowest BCUT2D eigenvalue weighted by Crippen LogP contribution is -2.18. The van der Waals surface area contributed by atoms with Crippen LogP contribution in [0.4, 0.5) is 0 Å². The van der Waals surface area contributed by atoms with Gasteiger partial charge in [0.2, 0.25) is 0 Å². The molecule has 2 unspecified atom stereocenters. The molecule has 17 heavy (non-hydrogen) atoms. The van der Waals surface area contributed by atoms with Crippen LogP contribution < -0.4 is 0 Å². The Bertz CT molecular complexity index is 392. The summed E-state index contributed by atoms with van der Waals surface area (Å²) in [6.07, 6.45) is 4.76. The molecule has 0 spiro atoms. The van der Waals surface area contributed by atoms with E-state index in [2.05, 4.69) is 0 Å². The van der Waals surface area contributed by atoms with E-state index in [-0.39, 0.29) is 11.8 Å². The number of rotatable bonds is 4. The van der Waals surface area contributed by atoms with Crippen molar-refractivity contribution in [2.75, 3.05) is 14.2 Å². The van der Waals surface area contributed by atoms with Crippen LogP contribution in [0.25, 0.3) is 0 Å². The molecule has 5 nitrogen and oxygen atoms in total. The van der Waals surface area contributed by atoms with Crippen molar-refractivity contribution in [1.82, 2.24) is 0 Å². The Morgan fingerprint density at radius 2 is 2.00 bits per heavy atom. The highest BCUT2D eigenvalue weighted by atomic mass is 16.5. The van der Waals surface area contributed by atoms with Gasteiger partial charge in [-0.15, -0.1) is 0 Å². The van der Waals surface area contributed by atoms with Crippen LogP contribution in [0.2, 0.25) is 0 Å². The zero-order chi connectivity index (χ0) is 13.0. The molecule has 0 amide bonds. The van der Waals surface area contributed by atoms with Gasteiger partial charge in [0.15, 0.2) is 11.5 Å². The monoisotopic (exact) mass is 240 g/mol. The normalized spacial score (nSPS) is 24.8. The van der Waals surface area contributed by atoms with Crippen molar-refractivity contribution in [3.05, 3.63) is 35.5 Å². The Morgan fingerprint density at radius 1 is 1.35 bits per heavy atom. The molecule has 0 aromatic heterocycles. The number of aliphatic carboxylic acids is 1. The van der Waals surface area contributed by atoms with Crippen LogP contribution in [0, 0.1) is 11.8 Å². The second kappa shape index (κ2) is 5.43. The predicted octanol–water partition coefficient (Wildman–Crippen LogP) is 1.84. The van der Waals surface area contributed by atoms with Gasteiger partial charge in [0.1, 0.15) is 5.76 Å². The molecule has 0 bridgehead atoms. The Balaban J connectivity index is 2.97. The van der Waals surface area contributed by atoms with Gasteiger partial charge in [-0.05, 0) is 12.2 Å². The van der Waals surface area contributed by atoms with Gasteiger partial charge >= 0.3 is 5.97 Å². The second-order valence-corrected chi connectivity index (χ2v) is 3.72. The van der Waals surface area contributed by atoms with E-state index in [1.807, 2.05) is 6.92 Å². The van der Waals surface area contributed by atoms with Gasteiger partial charge in [-0.1, -0.05) is 13.0 Å². The van der Waals surface area contributed by atoms with Crippen LogP contribution >= 0.6 is 0 Å². The summed E-state index contributed by atoms with van der Waals surface area (Å²) in [5, 5.41) is 17.8. The van der Waals surface area contributed by atoms with Gasteiger partial charge in [0.25, 0.3) is 0 Å². The lowest BCUT2D eigenvalue weighted by Gasteiger charge is -2.25. The average molecular weight is 240 g/mol. The first kappa shape index (κ1) is 13.2. The van der Waals surface area contributed by atoms with Crippen molar-refractivity contribution in [2.24, 2.45) is 11.8 Å². The number of aliphatic hydroxyl groups excluding tert-OH is 1. The van der Waals surface area contributed by atoms with E-state index in [4.69, 9.17) is 14.6 Å². The quantitative estimate of drug-likeness (QED) is 0.579. The maximum absolute atomic E-state index is 10.5. The molecule has 1 rings (SSSR count). The van der Waals surface area contributed by atoms with Crippen LogP contribution in [-0.2, 0) is 14.3 Å². The number of carbonyl (C=O) groups is 1. The van der Waals surface area contributed by atoms with E-state index in [1.54, 1.807) is 12.2 Å². The van der Waals surface area contributed by atoms with Gasteiger partial charge in [-0.2, -0.15) is 0 Å². The third-order valence-electron chi connectivity index (χ3n) is 2.71. The van der Waals surface area contributed by atoms with Crippen LogP contribution in [0.15, 0.2) is 35.5 Å². The summed E-state index contributed by atoms with van der Waals surface area (Å²) in [4.78, 5) is 10.5. The summed E-state index contributed by atoms with van der Waals surface area (Å²) >= 11 is 0. The third kappa shape index (κ3) is 2.81. The number of allylic oxidation sites excluding steroid dienone is 4. The van der Waals surface area contributed by atoms with Crippen LogP contribution in [0.3, 0.4) is 0 Å². The molecule has 94 valence electrons. The molecule has 2 N–H and O–H groups in total. The Kier molecular flexibility index (Phi) is 4.20. The molecular formula is C12H16O5. The molecule has 0 fully saturated rings. The largest absolute Gasteiger partial charge is 0.502 e. The maximum atomic E-state index is 10.5. The fraction of sp³-hybridized carbons (Fsp3) is 0.417. The highest BCUT2D eigenvalue weighted by molar-refractivity contribution is 5.83. The van der Waals surface area contributed by atoms with Crippen LogP contribution in [-0.4, -0.2) is 30.4 Å². The Labute approximate surface area is 99.7 Å². The van der Waals surface area contributed by atoms with Crippen molar-refractivity contribution in [3.8, 4) is 0 Å². The van der Waals surface area contributed by atoms with E-state index >= 15 is 0 Å². The fourth-order valence-electron chi connectivity index (χ4n) is 1.76. The maximum Gasteiger partial charge on any atom is 0.370 e. The summed E-state index contributed by atoms with van der Waals surface area (Å²) < 4.78 is 10.4. The van der Waals surface area contributed by atoms with Gasteiger partial charge < -0.3 is 19.7 Å². The number of aliphatic hydroxyl groups is 1. The lowest BCUT2D eigenvalue weighted by molar-refractivity contribution is -0.135. The van der Waals surface area contributed by atoms with Gasteiger partial charge in [0, 0.05) is 11.8 Å². The summed E-state index contributed by atoms with van der Waals surface area (Å²) in [6.45, 7) is 1.87. The second-order valence-electron chi connectivity index (χ2n) is 3.72. The standard InChI is InChI=1S/C12H16O5/c1-7-8(6-9(13)12(14)15)4-5-10(16-2)11(7)17-3/h4-8,13H,1-3H3,(H,14,15)/b9-6-. The molecule has 1 aliphatic carbocycles. The van der Waals surface area contributed by atoms with Crippen molar-refractivity contribution < 1.29 is 24.5 Å². The number of ether oxygens (including phenoxy) is 2. The van der Waals surface area contributed by atoms with Gasteiger partial charge in [-0.3, -0.25) is 0 Å². The molecule has 0 saturated carbocycles. The minimum Gasteiger partial charge on any atom is -0.502 e. The first-order valence-electron chi connectivity index (χ1n) is 5.15. The molecule has 5 heteroatoms. The molecule has 2 atom stereocenters. The van der Waals surface area contributed by atoms with Crippen molar-refractivity contribution in [1.29, 1.82) is 0 Å². The van der Waals surface area contributed by atoms with Crippen molar-refractivity contribution in [3.63, 3.8) is 0 Å². The van der Waals surface area contributed by atoms with Crippen molar-refractivity contribution in [2.45, 2.75) is 6.92 Å². The minimum atomic E-state index is -1.34. The third-order valence-corrected chi connectivity index (χ3v) is 2.71. The van der Waals surface area contributed by atoms with Gasteiger partial charge in [0.05, 0.1) is 14.2 Å². The summed E-state index contributed by atoms with van der Waals surface area (Å²) in [7, 11) is 3.07. The molecule has 0 saturated heterocycles. The molecular weight excluding hydrogens is 224 g/mol. The summed E-state index contributed by atoms with van der Waals surface area (Å²) in [5.74, 6) is -1.09. The highest BCUT2D eigenvalue weighted by Crippen LogP contribution is 2.31. The fourth-order valence-corrected chi connectivity index (χ4v) is 1.76. The van der Waals surface area contributed by atoms with E-state index < -0.39 is 11.7 Å². The van der Waals surface area contributed by atoms with E-state index in [0.717, 1.165) is 0 Å². The highest BCUT2D eigenvalue weighted by Gasteiger charge is 2.26. The number of hydrogen-bond acceptors (Lipinski definition) is 4. The molecule has 0 aromatic carbocycles. The Morgan fingerprint density at radius 3 is 2.47 bits per heavy atom. The average Bonchev–Trinajstić information content (AvgIpc) is 2.31. The SMILES string of the molecule is COC1=C(OC)C(C)C(/C=C(\O)C(=O)O)C=C1. The first-order chi connectivity index (χ1) is 8.01. The predicted molar refractivity (Wildman–Crippen MR) is 61.2 cm³/mol. The number of hydrogen-bond donors (Lipinski definition) is 2. The lowest BCUT2D eigenvalue weighted by atomic mass is 9.87. The minimum absolute atomic E-state index is 0.0959. The van der Waals surface area contributed by atoms with Gasteiger partial charge in [-0.25, -0.2) is 4.79 Å². The molecule has 1 aliphatic rings. The molecule has 0 aromatic rings. The summed E-state index contributed by atoms with van der Waals surface area (Å²) in [5.41, 5.74) is 0. The molecule has 0 radical (unpaired) electrons. The molecule has 0 heterocycles. The first-order valence-corrected chi connectivity index (χ1v) is 5.15. The number of carboxylic acids is 1. The Hall–Kier alpha value is -1.91. The number of carboxylic acid groups (broad SMARTS) is 1. The van der Waals surface area contributed by atoms with Crippen LogP contribution in [0.5, 0.6) is 0 Å². The zero-order valence-corrected chi connectivity index (χ0v) is 10.0. The number of methoxy groups -OCH3 is 2. The van der Waals surface area contributed by atoms with Crippen molar-refractivity contribution >= 4 is 5.97 Å². The molecule has 0 aliphatic heterocycles. The summed E-state index contributed by atoms with van der Waals surface area (Å²) in [6, 6.07) is 0. The van der Waals surface area contributed by atoms with E-state index in [0.29, 0.717) is 11.5 Å². The van der Waals surface area contributed by atoms with E-state index in [1.165, 1.54) is 20.3 Å². The smallest absolute Gasteiger partial charge is 0.370 e. The topological polar surface area (TPSA) is 76.0 Å². The zero-order valence-electron chi connectivity index (χ0n) is 10.0.